The summed E-state index contributed by atoms with van der Waals surface area (Å²) in [5.41, 5.74) is 11.9. The predicted molar refractivity (Wildman–Crippen MR) is 124 cm³/mol. The zero-order chi connectivity index (χ0) is 21.8. The van der Waals surface area contributed by atoms with E-state index >= 15 is 0 Å². The largest absolute Gasteiger partial charge is 0.392 e. The highest BCUT2D eigenvalue weighted by Crippen LogP contribution is 2.22. The Kier molecular flexibility index (Phi) is 10.7. The Morgan fingerprint density at radius 1 is 1.38 bits per heavy atom. The zero-order valence-electron chi connectivity index (χ0n) is 17.8. The third-order valence-corrected chi connectivity index (χ3v) is 4.80. The van der Waals surface area contributed by atoms with E-state index in [1.807, 2.05) is 57.3 Å². The SMILES string of the molecule is C=C(C(N)C/C(C=N)=C\CC/C(C)=C(/C=C\CO)NC)N(N)c1ccccc1C. The van der Waals surface area contributed by atoms with Crippen molar-refractivity contribution in [2.45, 2.75) is 39.2 Å². The fraction of sp³-hybridized carbons (Fsp3) is 0.348. The molecule has 6 heteroatoms. The summed E-state index contributed by atoms with van der Waals surface area (Å²) < 4.78 is 0. The molecule has 1 aromatic carbocycles. The number of anilines is 1. The molecule has 1 atom stereocenters. The first-order valence-electron chi connectivity index (χ1n) is 9.74. The minimum absolute atomic E-state index is 0.0127. The van der Waals surface area contributed by atoms with Gasteiger partial charge in [-0.15, -0.1) is 0 Å². The van der Waals surface area contributed by atoms with Gasteiger partial charge < -0.3 is 21.6 Å². The van der Waals surface area contributed by atoms with Gasteiger partial charge in [-0.1, -0.05) is 36.9 Å². The van der Waals surface area contributed by atoms with Crippen LogP contribution < -0.4 is 21.9 Å². The Hall–Kier alpha value is -2.67. The fourth-order valence-electron chi connectivity index (χ4n) is 2.96. The van der Waals surface area contributed by atoms with Gasteiger partial charge in [0, 0.05) is 24.7 Å². The summed E-state index contributed by atoms with van der Waals surface area (Å²) in [6, 6.07) is 7.42. The second-order valence-electron chi connectivity index (χ2n) is 6.95. The number of hydrazine groups is 1. The highest BCUT2D eigenvalue weighted by atomic mass is 16.2. The number of nitrogens with zero attached hydrogens (tertiary/aromatic N) is 1. The normalized spacial score (nSPS) is 13.8. The number of hydrogen-bond donors (Lipinski definition) is 5. The standard InChI is InChI=1S/C23H35N5O/c1-17(22(27-4)12-8-14-29)10-7-11-20(16-24)15-21(25)19(3)28(26)23-13-6-5-9-18(23)2/h5-6,8-9,11-13,16,21,24,27,29H,3,7,10,14-15,25-26H2,1-2,4H3/b12-8-,20-11+,22-17-,24-16?. The fourth-order valence-corrected chi connectivity index (χ4v) is 2.96. The van der Waals surface area contributed by atoms with Crippen LogP contribution in [0.3, 0.4) is 0 Å². The van der Waals surface area contributed by atoms with E-state index < -0.39 is 0 Å². The molecule has 0 aliphatic heterocycles. The lowest BCUT2D eigenvalue weighted by Crippen LogP contribution is -2.39. The van der Waals surface area contributed by atoms with Crippen molar-refractivity contribution in [1.82, 2.24) is 5.32 Å². The monoisotopic (exact) mass is 397 g/mol. The van der Waals surface area contributed by atoms with E-state index in [-0.39, 0.29) is 12.6 Å². The highest BCUT2D eigenvalue weighted by Gasteiger charge is 2.16. The molecule has 158 valence electrons. The quantitative estimate of drug-likeness (QED) is 0.161. The lowest BCUT2D eigenvalue weighted by Gasteiger charge is -2.27. The van der Waals surface area contributed by atoms with Crippen LogP contribution in [0, 0.1) is 12.3 Å². The number of nitrogens with two attached hydrogens (primary N) is 2. The van der Waals surface area contributed by atoms with E-state index in [0.29, 0.717) is 12.1 Å². The van der Waals surface area contributed by atoms with Crippen molar-refractivity contribution in [3.63, 3.8) is 0 Å². The molecule has 0 aliphatic rings. The van der Waals surface area contributed by atoms with Crippen molar-refractivity contribution in [2.75, 3.05) is 18.7 Å². The first-order valence-corrected chi connectivity index (χ1v) is 9.74. The van der Waals surface area contributed by atoms with Crippen LogP contribution in [0.5, 0.6) is 0 Å². The first-order chi connectivity index (χ1) is 13.8. The Labute approximate surface area is 174 Å². The Balaban J connectivity index is 2.75. The summed E-state index contributed by atoms with van der Waals surface area (Å²) in [5, 5.41) is 21.3. The van der Waals surface area contributed by atoms with E-state index in [2.05, 4.69) is 11.9 Å². The molecule has 0 heterocycles. The molecule has 0 saturated carbocycles. The number of benzene rings is 1. The van der Waals surface area contributed by atoms with Crippen LogP contribution in [0.2, 0.25) is 0 Å². The Morgan fingerprint density at radius 2 is 2.07 bits per heavy atom. The third-order valence-electron chi connectivity index (χ3n) is 4.80. The maximum atomic E-state index is 8.93. The summed E-state index contributed by atoms with van der Waals surface area (Å²) in [4.78, 5) is 0. The Bertz CT molecular complexity index is 779. The molecule has 0 bridgehead atoms. The molecular weight excluding hydrogens is 362 g/mol. The molecule has 1 aromatic rings. The molecule has 0 aromatic heterocycles. The zero-order valence-corrected chi connectivity index (χ0v) is 17.8. The molecule has 6 nitrogen and oxygen atoms in total. The number of para-hydroxylation sites is 1. The molecule has 1 unspecified atom stereocenters. The minimum atomic E-state index is -0.385. The molecule has 29 heavy (non-hydrogen) atoms. The number of aliphatic hydroxyl groups is 1. The molecule has 0 spiro atoms. The molecule has 0 aliphatic carbocycles. The van der Waals surface area contributed by atoms with Crippen LogP contribution in [-0.4, -0.2) is 31.0 Å². The topological polar surface area (TPSA) is 111 Å². The minimum Gasteiger partial charge on any atom is -0.392 e. The van der Waals surface area contributed by atoms with Crippen molar-refractivity contribution in [3.05, 3.63) is 77.2 Å². The van der Waals surface area contributed by atoms with E-state index in [9.17, 15) is 0 Å². The predicted octanol–water partition coefficient (Wildman–Crippen LogP) is 3.30. The van der Waals surface area contributed by atoms with Gasteiger partial charge in [-0.05, 0) is 62.0 Å². The van der Waals surface area contributed by atoms with Gasteiger partial charge in [0.15, 0.2) is 0 Å². The van der Waals surface area contributed by atoms with Crippen LogP contribution in [0.25, 0.3) is 0 Å². The van der Waals surface area contributed by atoms with Crippen molar-refractivity contribution < 1.29 is 5.11 Å². The van der Waals surface area contributed by atoms with Gasteiger partial charge in [0.1, 0.15) is 0 Å². The van der Waals surface area contributed by atoms with Gasteiger partial charge in [-0.3, -0.25) is 5.01 Å². The summed E-state index contributed by atoms with van der Waals surface area (Å²) in [7, 11) is 1.86. The average molecular weight is 398 g/mol. The number of aliphatic hydroxyl groups excluding tert-OH is 1. The van der Waals surface area contributed by atoms with Gasteiger partial charge in [-0.2, -0.15) is 0 Å². The van der Waals surface area contributed by atoms with E-state index in [4.69, 9.17) is 22.1 Å². The smallest absolute Gasteiger partial charge is 0.0616 e. The van der Waals surface area contributed by atoms with Crippen molar-refractivity contribution in [1.29, 1.82) is 5.41 Å². The maximum absolute atomic E-state index is 8.93. The number of allylic oxidation sites excluding steroid dienone is 3. The Morgan fingerprint density at radius 3 is 2.66 bits per heavy atom. The lowest BCUT2D eigenvalue weighted by atomic mass is 10.0. The van der Waals surface area contributed by atoms with Crippen LogP contribution in [0.15, 0.2) is 71.6 Å². The maximum Gasteiger partial charge on any atom is 0.0616 e. The van der Waals surface area contributed by atoms with Gasteiger partial charge in [0.2, 0.25) is 0 Å². The van der Waals surface area contributed by atoms with Gasteiger partial charge in [0.25, 0.3) is 0 Å². The molecule has 0 radical (unpaired) electrons. The second-order valence-corrected chi connectivity index (χ2v) is 6.95. The molecule has 1 rings (SSSR count). The third kappa shape index (κ3) is 7.69. The lowest BCUT2D eigenvalue weighted by molar-refractivity contribution is 0.342. The number of nitrogens with one attached hydrogen (secondary N) is 2. The first kappa shape index (κ1) is 24.4. The molecule has 0 amide bonds. The van der Waals surface area contributed by atoms with E-state index in [1.54, 1.807) is 6.08 Å². The van der Waals surface area contributed by atoms with Crippen LogP contribution in [0.4, 0.5) is 5.69 Å². The van der Waals surface area contributed by atoms with Gasteiger partial charge >= 0.3 is 0 Å². The van der Waals surface area contributed by atoms with Crippen LogP contribution >= 0.6 is 0 Å². The molecule has 0 fully saturated rings. The van der Waals surface area contributed by atoms with Crippen LogP contribution in [-0.2, 0) is 0 Å². The number of aryl methyl sites for hydroxylation is 1. The summed E-state index contributed by atoms with van der Waals surface area (Å²) in [5.74, 6) is 6.23. The summed E-state index contributed by atoms with van der Waals surface area (Å²) in [6.45, 7) is 8.11. The molecule has 0 saturated heterocycles. The van der Waals surface area contributed by atoms with Gasteiger partial charge in [0.05, 0.1) is 18.3 Å². The van der Waals surface area contributed by atoms with Crippen molar-refractivity contribution in [3.8, 4) is 0 Å². The average Bonchev–Trinajstić information content (AvgIpc) is 2.72. The second kappa shape index (κ2) is 12.7. The highest BCUT2D eigenvalue weighted by molar-refractivity contribution is 5.76. The molecular formula is C23H35N5O. The van der Waals surface area contributed by atoms with Crippen LogP contribution in [0.1, 0.15) is 31.7 Å². The number of hydrogen-bond acceptors (Lipinski definition) is 6. The number of likely N-dealkylation sites (N-methyl/N-ethyl adjacent to an activating group) is 1. The van der Waals surface area contributed by atoms with E-state index in [0.717, 1.165) is 35.4 Å². The van der Waals surface area contributed by atoms with Crippen molar-refractivity contribution in [2.24, 2.45) is 11.6 Å². The van der Waals surface area contributed by atoms with Crippen molar-refractivity contribution >= 4 is 11.9 Å². The summed E-state index contributed by atoms with van der Waals surface area (Å²) in [6.07, 6.45) is 9.06. The summed E-state index contributed by atoms with van der Waals surface area (Å²) >= 11 is 0. The van der Waals surface area contributed by atoms with Gasteiger partial charge in [-0.25, -0.2) is 5.84 Å². The van der Waals surface area contributed by atoms with E-state index in [1.165, 1.54) is 16.8 Å². The number of rotatable bonds is 12. The molecule has 7 N–H and O–H groups in total.